The molecule has 1 N–H and O–H groups in total. The highest BCUT2D eigenvalue weighted by atomic mass is 16.3. The van der Waals surface area contributed by atoms with Crippen LogP contribution in [0.25, 0.3) is 0 Å². The zero-order chi connectivity index (χ0) is 13.8. The number of amides is 1. The summed E-state index contributed by atoms with van der Waals surface area (Å²) in [5.74, 6) is 1.28. The predicted molar refractivity (Wildman–Crippen MR) is 67.4 cm³/mol. The SMILES string of the molecule is O=C(c1ncn[nH]1)N(Cc1ccco1)Cc1ccco1. The first-order valence-corrected chi connectivity index (χ1v) is 6.02. The first kappa shape index (κ1) is 12.2. The van der Waals surface area contributed by atoms with Crippen molar-refractivity contribution in [3.63, 3.8) is 0 Å². The van der Waals surface area contributed by atoms with Gasteiger partial charge in [0.05, 0.1) is 25.6 Å². The largest absolute Gasteiger partial charge is 0.467 e. The molecule has 0 atom stereocenters. The van der Waals surface area contributed by atoms with Gasteiger partial charge in [-0.1, -0.05) is 0 Å². The summed E-state index contributed by atoms with van der Waals surface area (Å²) in [6, 6.07) is 7.17. The highest BCUT2D eigenvalue weighted by molar-refractivity contribution is 5.90. The highest BCUT2D eigenvalue weighted by Crippen LogP contribution is 2.13. The molecule has 0 fully saturated rings. The summed E-state index contributed by atoms with van der Waals surface area (Å²) < 4.78 is 10.6. The quantitative estimate of drug-likeness (QED) is 0.765. The minimum Gasteiger partial charge on any atom is -0.467 e. The molecule has 3 aromatic rings. The molecule has 3 heterocycles. The minimum atomic E-state index is -0.268. The predicted octanol–water partition coefficient (Wildman–Crippen LogP) is 1.83. The molecule has 0 saturated carbocycles. The van der Waals surface area contributed by atoms with E-state index in [4.69, 9.17) is 8.83 Å². The molecule has 7 nitrogen and oxygen atoms in total. The Morgan fingerprint density at radius 2 is 1.80 bits per heavy atom. The second kappa shape index (κ2) is 5.43. The van der Waals surface area contributed by atoms with Gasteiger partial charge in [0.15, 0.2) is 0 Å². The summed E-state index contributed by atoms with van der Waals surface area (Å²) in [4.78, 5) is 17.8. The average molecular weight is 272 g/mol. The van der Waals surface area contributed by atoms with Gasteiger partial charge < -0.3 is 13.7 Å². The molecule has 0 aliphatic rings. The van der Waals surface area contributed by atoms with Crippen molar-refractivity contribution in [2.24, 2.45) is 0 Å². The van der Waals surface area contributed by atoms with Gasteiger partial charge >= 0.3 is 0 Å². The fraction of sp³-hybridized carbons (Fsp3) is 0.154. The van der Waals surface area contributed by atoms with Crippen LogP contribution in [0, 0.1) is 0 Å². The van der Waals surface area contributed by atoms with Crippen molar-refractivity contribution in [1.82, 2.24) is 20.1 Å². The molecular formula is C13H12N4O3. The summed E-state index contributed by atoms with van der Waals surface area (Å²) in [6.45, 7) is 0.653. The van der Waals surface area contributed by atoms with E-state index < -0.39 is 0 Å². The van der Waals surface area contributed by atoms with Crippen LogP contribution in [0.4, 0.5) is 0 Å². The number of hydrogen-bond donors (Lipinski definition) is 1. The number of H-pyrrole nitrogens is 1. The Morgan fingerprint density at radius 3 is 2.25 bits per heavy atom. The third kappa shape index (κ3) is 2.61. The summed E-state index contributed by atoms with van der Waals surface area (Å²) in [5.41, 5.74) is 0. The van der Waals surface area contributed by atoms with Crippen LogP contribution in [0.1, 0.15) is 22.1 Å². The summed E-state index contributed by atoms with van der Waals surface area (Å²) >= 11 is 0. The van der Waals surface area contributed by atoms with Gasteiger partial charge in [0.2, 0.25) is 5.82 Å². The van der Waals surface area contributed by atoms with Crippen molar-refractivity contribution in [3.8, 4) is 0 Å². The van der Waals surface area contributed by atoms with Crippen molar-refractivity contribution >= 4 is 5.91 Å². The van der Waals surface area contributed by atoms with Crippen LogP contribution < -0.4 is 0 Å². The van der Waals surface area contributed by atoms with E-state index in [0.717, 1.165) is 0 Å². The summed E-state index contributed by atoms with van der Waals surface area (Å²) in [5, 5.41) is 6.25. The van der Waals surface area contributed by atoms with Crippen LogP contribution in [0.5, 0.6) is 0 Å². The maximum atomic E-state index is 12.4. The maximum absolute atomic E-state index is 12.4. The third-order valence-corrected chi connectivity index (χ3v) is 2.76. The molecule has 0 spiro atoms. The molecule has 0 bridgehead atoms. The fourth-order valence-electron chi connectivity index (χ4n) is 1.84. The highest BCUT2D eigenvalue weighted by Gasteiger charge is 2.21. The van der Waals surface area contributed by atoms with E-state index in [1.165, 1.54) is 6.33 Å². The maximum Gasteiger partial charge on any atom is 0.291 e. The van der Waals surface area contributed by atoms with Crippen LogP contribution in [0.2, 0.25) is 0 Å². The second-order valence-electron chi connectivity index (χ2n) is 4.15. The van der Waals surface area contributed by atoms with E-state index in [9.17, 15) is 4.79 Å². The number of nitrogens with zero attached hydrogens (tertiary/aromatic N) is 3. The van der Waals surface area contributed by atoms with E-state index in [-0.39, 0.29) is 11.7 Å². The van der Waals surface area contributed by atoms with Gasteiger partial charge in [-0.2, -0.15) is 5.10 Å². The topological polar surface area (TPSA) is 88.2 Å². The number of carbonyl (C=O) groups excluding carboxylic acids is 1. The lowest BCUT2D eigenvalue weighted by Gasteiger charge is -2.19. The van der Waals surface area contributed by atoms with Gasteiger partial charge in [-0.15, -0.1) is 0 Å². The Labute approximate surface area is 114 Å². The van der Waals surface area contributed by atoms with E-state index in [1.54, 1.807) is 29.6 Å². The van der Waals surface area contributed by atoms with Gasteiger partial charge in [-0.25, -0.2) is 4.98 Å². The number of aromatic amines is 1. The fourth-order valence-corrected chi connectivity index (χ4v) is 1.84. The minimum absolute atomic E-state index is 0.183. The number of aromatic nitrogens is 3. The van der Waals surface area contributed by atoms with Crippen LogP contribution >= 0.6 is 0 Å². The lowest BCUT2D eigenvalue weighted by molar-refractivity contribution is 0.0693. The number of furan rings is 2. The third-order valence-electron chi connectivity index (χ3n) is 2.76. The van der Waals surface area contributed by atoms with Gasteiger partial charge in [0.25, 0.3) is 5.91 Å². The van der Waals surface area contributed by atoms with Crippen LogP contribution in [-0.4, -0.2) is 26.0 Å². The van der Waals surface area contributed by atoms with Crippen LogP contribution in [-0.2, 0) is 13.1 Å². The molecule has 0 unspecified atom stereocenters. The van der Waals surface area contributed by atoms with E-state index in [2.05, 4.69) is 15.2 Å². The van der Waals surface area contributed by atoms with Gasteiger partial charge in [0, 0.05) is 0 Å². The summed E-state index contributed by atoms with van der Waals surface area (Å²) in [6.07, 6.45) is 4.43. The molecule has 7 heteroatoms. The average Bonchev–Trinajstić information content (AvgIpc) is 3.20. The summed E-state index contributed by atoms with van der Waals surface area (Å²) in [7, 11) is 0. The molecule has 102 valence electrons. The van der Waals surface area contributed by atoms with Crippen molar-refractivity contribution in [3.05, 3.63) is 60.5 Å². The van der Waals surface area contributed by atoms with Crippen molar-refractivity contribution in [2.75, 3.05) is 0 Å². The normalized spacial score (nSPS) is 10.6. The Bertz CT molecular complexity index is 608. The van der Waals surface area contributed by atoms with Crippen molar-refractivity contribution in [2.45, 2.75) is 13.1 Å². The molecular weight excluding hydrogens is 260 g/mol. The molecule has 3 aromatic heterocycles. The first-order chi connectivity index (χ1) is 9.83. The zero-order valence-electron chi connectivity index (χ0n) is 10.5. The van der Waals surface area contributed by atoms with Gasteiger partial charge in [-0.3, -0.25) is 9.89 Å². The van der Waals surface area contributed by atoms with Crippen LogP contribution in [0.15, 0.2) is 52.0 Å². The van der Waals surface area contributed by atoms with E-state index in [1.807, 2.05) is 12.1 Å². The second-order valence-corrected chi connectivity index (χ2v) is 4.15. The number of nitrogens with one attached hydrogen (secondary N) is 1. The Balaban J connectivity index is 1.81. The monoisotopic (exact) mass is 272 g/mol. The zero-order valence-corrected chi connectivity index (χ0v) is 10.5. The molecule has 0 aromatic carbocycles. The van der Waals surface area contributed by atoms with Crippen molar-refractivity contribution < 1.29 is 13.6 Å². The number of hydrogen-bond acceptors (Lipinski definition) is 5. The Morgan fingerprint density at radius 1 is 1.15 bits per heavy atom. The van der Waals surface area contributed by atoms with Crippen molar-refractivity contribution in [1.29, 1.82) is 0 Å². The van der Waals surface area contributed by atoms with E-state index >= 15 is 0 Å². The smallest absolute Gasteiger partial charge is 0.291 e. The van der Waals surface area contributed by atoms with Gasteiger partial charge in [-0.05, 0) is 24.3 Å². The number of rotatable bonds is 5. The molecule has 0 aliphatic carbocycles. The molecule has 0 saturated heterocycles. The number of carbonyl (C=O) groups is 1. The van der Waals surface area contributed by atoms with Crippen LogP contribution in [0.3, 0.4) is 0 Å². The molecule has 3 rings (SSSR count). The molecule has 0 aliphatic heterocycles. The Kier molecular flexibility index (Phi) is 3.32. The standard InChI is InChI=1S/C13H12N4O3/c18-13(12-14-9-15-16-12)17(7-10-3-1-5-19-10)8-11-4-2-6-20-11/h1-6,9H,7-8H2,(H,14,15,16). The first-order valence-electron chi connectivity index (χ1n) is 6.02. The Hall–Kier alpha value is -2.83. The van der Waals surface area contributed by atoms with E-state index in [0.29, 0.717) is 24.6 Å². The molecule has 20 heavy (non-hydrogen) atoms. The molecule has 1 amide bonds. The molecule has 0 radical (unpaired) electrons. The lowest BCUT2D eigenvalue weighted by Crippen LogP contribution is -2.30. The van der Waals surface area contributed by atoms with Gasteiger partial charge in [0.1, 0.15) is 17.8 Å². The lowest BCUT2D eigenvalue weighted by atomic mass is 10.3.